The summed E-state index contributed by atoms with van der Waals surface area (Å²) in [6, 6.07) is 0.229. The lowest BCUT2D eigenvalue weighted by atomic mass is 10.2. The Hall–Kier alpha value is -0.130. The third-order valence-corrected chi connectivity index (χ3v) is 2.87. The van der Waals surface area contributed by atoms with Gasteiger partial charge < -0.3 is 4.48 Å². The van der Waals surface area contributed by atoms with Gasteiger partial charge in [-0.3, -0.25) is 4.55 Å². The Kier molecular flexibility index (Phi) is 3.68. The minimum absolute atomic E-state index is 0.149. The molecule has 12 heavy (non-hydrogen) atoms. The summed E-state index contributed by atoms with van der Waals surface area (Å²) in [5.74, 6) is -0.149. The summed E-state index contributed by atoms with van der Waals surface area (Å²) in [5.41, 5.74) is 0. The van der Waals surface area contributed by atoms with Gasteiger partial charge in [0.1, 0.15) is 0 Å². The molecule has 0 aromatic heterocycles. The van der Waals surface area contributed by atoms with Gasteiger partial charge in [0.05, 0.1) is 32.9 Å². The van der Waals surface area contributed by atoms with E-state index in [1.54, 1.807) is 0 Å². The molecule has 0 aliphatic carbocycles. The molecule has 0 saturated carbocycles. The van der Waals surface area contributed by atoms with Gasteiger partial charge in [0.25, 0.3) is 10.1 Å². The van der Waals surface area contributed by atoms with Crippen LogP contribution in [0.2, 0.25) is 0 Å². The summed E-state index contributed by atoms with van der Waals surface area (Å²) >= 11 is 0. The molecule has 1 unspecified atom stereocenters. The maximum absolute atomic E-state index is 10.4. The Morgan fingerprint density at radius 1 is 1.33 bits per heavy atom. The summed E-state index contributed by atoms with van der Waals surface area (Å²) < 4.78 is 30.0. The number of hydrogen-bond acceptors (Lipinski definition) is 2. The van der Waals surface area contributed by atoms with Gasteiger partial charge in [0.15, 0.2) is 0 Å². The molecule has 0 aromatic rings. The van der Waals surface area contributed by atoms with Crippen molar-refractivity contribution in [3.8, 4) is 0 Å². The predicted octanol–water partition coefficient (Wildman–Crippen LogP) is 0.359. The van der Waals surface area contributed by atoms with Crippen LogP contribution >= 0.6 is 0 Å². The minimum Gasteiger partial charge on any atom is -0.329 e. The van der Waals surface area contributed by atoms with E-state index in [-0.39, 0.29) is 11.8 Å². The molecule has 0 spiro atoms. The van der Waals surface area contributed by atoms with Crippen LogP contribution in [0.4, 0.5) is 0 Å². The molecule has 4 nitrogen and oxygen atoms in total. The van der Waals surface area contributed by atoms with E-state index >= 15 is 0 Å². The molecule has 1 N–H and O–H groups in total. The summed E-state index contributed by atoms with van der Waals surface area (Å²) in [7, 11) is 2.19. The smallest absolute Gasteiger partial charge is 0.265 e. The second kappa shape index (κ2) is 3.72. The van der Waals surface area contributed by atoms with Crippen LogP contribution in [0.25, 0.3) is 0 Å². The monoisotopic (exact) mass is 196 g/mol. The van der Waals surface area contributed by atoms with Crippen LogP contribution in [0.15, 0.2) is 0 Å². The highest BCUT2D eigenvalue weighted by molar-refractivity contribution is 7.85. The number of quaternary nitrogens is 1. The van der Waals surface area contributed by atoms with E-state index in [0.717, 1.165) is 0 Å². The Morgan fingerprint density at radius 3 is 2.00 bits per heavy atom. The van der Waals surface area contributed by atoms with Crippen molar-refractivity contribution in [1.82, 2.24) is 0 Å². The van der Waals surface area contributed by atoms with Crippen molar-refractivity contribution < 1.29 is 17.5 Å². The zero-order valence-electron chi connectivity index (χ0n) is 8.11. The third kappa shape index (κ3) is 5.51. The van der Waals surface area contributed by atoms with Gasteiger partial charge in [-0.05, 0) is 6.92 Å². The van der Waals surface area contributed by atoms with Crippen LogP contribution in [0.1, 0.15) is 13.3 Å². The highest BCUT2D eigenvalue weighted by Crippen LogP contribution is 2.07. The average Bonchev–Trinajstić information content (AvgIpc) is 1.78. The molecule has 0 aliphatic heterocycles. The van der Waals surface area contributed by atoms with Gasteiger partial charge in [0.2, 0.25) is 0 Å². The summed E-state index contributed by atoms with van der Waals surface area (Å²) in [4.78, 5) is 0. The number of nitrogens with zero attached hydrogens (tertiary/aromatic N) is 1. The Bertz CT molecular complexity index is 228. The van der Waals surface area contributed by atoms with Crippen molar-refractivity contribution in [2.75, 3.05) is 26.9 Å². The SMILES string of the molecule is CC(CCS(=O)(=O)O)[N+](C)(C)C. The first kappa shape index (κ1) is 11.9. The Morgan fingerprint density at radius 2 is 1.75 bits per heavy atom. The topological polar surface area (TPSA) is 54.4 Å². The van der Waals surface area contributed by atoms with Crippen molar-refractivity contribution in [3.05, 3.63) is 0 Å². The Balaban J connectivity index is 3.97. The van der Waals surface area contributed by atoms with Crippen molar-refractivity contribution in [2.24, 2.45) is 0 Å². The molecule has 0 aliphatic rings. The van der Waals surface area contributed by atoms with Gasteiger partial charge >= 0.3 is 0 Å². The van der Waals surface area contributed by atoms with Gasteiger partial charge in [0, 0.05) is 6.42 Å². The van der Waals surface area contributed by atoms with Crippen LogP contribution < -0.4 is 0 Å². The standard InChI is InChI=1S/C7H17NO3S/c1-7(8(2,3)4)5-6-12(9,10)11/h7H,5-6H2,1-4H3/p+1. The second-order valence-corrected chi connectivity index (χ2v) is 5.61. The van der Waals surface area contributed by atoms with Gasteiger partial charge in [-0.25, -0.2) is 0 Å². The lowest BCUT2D eigenvalue weighted by Gasteiger charge is -2.31. The summed E-state index contributed by atoms with van der Waals surface area (Å²) in [6.45, 7) is 1.96. The molecule has 5 heteroatoms. The maximum Gasteiger partial charge on any atom is 0.265 e. The van der Waals surface area contributed by atoms with E-state index in [4.69, 9.17) is 4.55 Å². The van der Waals surface area contributed by atoms with E-state index in [1.807, 2.05) is 28.1 Å². The predicted molar refractivity (Wildman–Crippen MR) is 48.5 cm³/mol. The van der Waals surface area contributed by atoms with Crippen LogP contribution in [0.5, 0.6) is 0 Å². The molecule has 0 bridgehead atoms. The minimum atomic E-state index is -3.79. The van der Waals surface area contributed by atoms with Crippen molar-refractivity contribution in [3.63, 3.8) is 0 Å². The summed E-state index contributed by atoms with van der Waals surface area (Å²) in [5, 5.41) is 0. The van der Waals surface area contributed by atoms with Crippen molar-refractivity contribution in [2.45, 2.75) is 19.4 Å². The molecular weight excluding hydrogens is 178 g/mol. The molecule has 0 fully saturated rings. The Labute approximate surface area is 74.5 Å². The number of hydrogen-bond donors (Lipinski definition) is 1. The second-order valence-electron chi connectivity index (χ2n) is 4.04. The molecule has 0 heterocycles. The van der Waals surface area contributed by atoms with E-state index in [9.17, 15) is 8.42 Å². The maximum atomic E-state index is 10.4. The van der Waals surface area contributed by atoms with Crippen LogP contribution in [-0.2, 0) is 10.1 Å². The van der Waals surface area contributed by atoms with Crippen LogP contribution in [0, 0.1) is 0 Å². The fourth-order valence-electron chi connectivity index (χ4n) is 0.707. The van der Waals surface area contributed by atoms with Crippen molar-refractivity contribution in [1.29, 1.82) is 0 Å². The molecular formula is C7H18NO3S+. The molecule has 0 amide bonds. The molecule has 1 atom stereocenters. The lowest BCUT2D eigenvalue weighted by molar-refractivity contribution is -0.894. The highest BCUT2D eigenvalue weighted by Gasteiger charge is 2.20. The highest BCUT2D eigenvalue weighted by atomic mass is 32.2. The van der Waals surface area contributed by atoms with Crippen molar-refractivity contribution >= 4 is 10.1 Å². The third-order valence-electron chi connectivity index (χ3n) is 2.12. The first-order chi connectivity index (χ1) is 5.13. The zero-order chi connectivity index (χ0) is 9.99. The first-order valence-corrected chi connectivity index (χ1v) is 5.50. The van der Waals surface area contributed by atoms with E-state index < -0.39 is 10.1 Å². The molecule has 0 aromatic carbocycles. The molecule has 74 valence electrons. The van der Waals surface area contributed by atoms with Gasteiger partial charge in [-0.15, -0.1) is 0 Å². The zero-order valence-corrected chi connectivity index (χ0v) is 8.93. The summed E-state index contributed by atoms with van der Waals surface area (Å²) in [6.07, 6.45) is 0.488. The molecule has 0 rings (SSSR count). The fourth-order valence-corrected chi connectivity index (χ4v) is 1.35. The van der Waals surface area contributed by atoms with Gasteiger partial charge in [-0.2, -0.15) is 8.42 Å². The van der Waals surface area contributed by atoms with E-state index in [2.05, 4.69) is 0 Å². The fraction of sp³-hybridized carbons (Fsp3) is 1.00. The largest absolute Gasteiger partial charge is 0.329 e. The van der Waals surface area contributed by atoms with E-state index in [1.165, 1.54) is 0 Å². The van der Waals surface area contributed by atoms with Crippen LogP contribution in [0.3, 0.4) is 0 Å². The number of rotatable bonds is 4. The molecule has 0 saturated heterocycles. The quantitative estimate of drug-likeness (QED) is 0.522. The molecule has 0 radical (unpaired) electrons. The average molecular weight is 196 g/mol. The van der Waals surface area contributed by atoms with Gasteiger partial charge in [-0.1, -0.05) is 0 Å². The first-order valence-electron chi connectivity index (χ1n) is 3.89. The van der Waals surface area contributed by atoms with E-state index in [0.29, 0.717) is 10.9 Å². The van der Waals surface area contributed by atoms with Crippen LogP contribution in [-0.4, -0.2) is 50.4 Å². The normalized spacial score (nSPS) is 16.1. The lowest BCUT2D eigenvalue weighted by Crippen LogP contribution is -2.43.